The van der Waals surface area contributed by atoms with Crippen molar-refractivity contribution in [2.45, 2.75) is 19.3 Å². The standard InChI is InChI=1S/C23H18ClF3N6O3/c1-35-15-6-12(14(24)7-16(15)36-2)10-4-3-5-11-13(10)8-33(21(11)34)9-17-29-18-19(28)31-22(23(25,26)27)32-20(18)30-17/h3-7H,8-9H2,1-2H3,(H3,28,29,30,31,32). The molecule has 0 bridgehead atoms. The largest absolute Gasteiger partial charge is 0.493 e. The number of anilines is 1. The lowest BCUT2D eigenvalue weighted by molar-refractivity contribution is -0.144. The number of nitrogens with two attached hydrogens (primary N) is 1. The van der Waals surface area contributed by atoms with E-state index in [1.54, 1.807) is 24.3 Å². The number of nitrogens with one attached hydrogen (secondary N) is 1. The van der Waals surface area contributed by atoms with Crippen molar-refractivity contribution in [1.29, 1.82) is 0 Å². The van der Waals surface area contributed by atoms with Crippen LogP contribution in [-0.4, -0.2) is 45.0 Å². The zero-order chi connectivity index (χ0) is 25.8. The highest BCUT2D eigenvalue weighted by molar-refractivity contribution is 6.33. The molecule has 1 amide bonds. The van der Waals surface area contributed by atoms with Gasteiger partial charge in [0, 0.05) is 23.7 Å². The first-order valence-electron chi connectivity index (χ1n) is 10.5. The highest BCUT2D eigenvalue weighted by atomic mass is 35.5. The SMILES string of the molecule is COc1cc(Cl)c(-c2cccc3c2CN(Cc2nc4nc(C(F)(F)F)nc(N)c4[nH]2)C3=O)cc1OC. The molecular weight excluding hydrogens is 501 g/mol. The average molecular weight is 519 g/mol. The van der Waals surface area contributed by atoms with Crippen LogP contribution in [0.5, 0.6) is 11.5 Å². The molecule has 9 nitrogen and oxygen atoms in total. The van der Waals surface area contributed by atoms with Crippen LogP contribution in [0.25, 0.3) is 22.3 Å². The Morgan fingerprint density at radius 1 is 1.08 bits per heavy atom. The number of hydrogen-bond acceptors (Lipinski definition) is 7. The first-order chi connectivity index (χ1) is 17.1. The van der Waals surface area contributed by atoms with E-state index < -0.39 is 12.0 Å². The second-order valence-electron chi connectivity index (χ2n) is 7.99. The number of ether oxygens (including phenoxy) is 2. The van der Waals surface area contributed by atoms with Crippen LogP contribution >= 0.6 is 11.6 Å². The number of nitrogen functional groups attached to an aromatic ring is 1. The third kappa shape index (κ3) is 3.92. The molecule has 5 rings (SSSR count). The predicted octanol–water partition coefficient (Wildman–Crippen LogP) is 4.45. The number of halogens is 4. The molecule has 3 N–H and O–H groups in total. The van der Waals surface area contributed by atoms with Gasteiger partial charge in [-0.2, -0.15) is 13.2 Å². The lowest BCUT2D eigenvalue weighted by Crippen LogP contribution is -2.23. The molecule has 2 aromatic carbocycles. The van der Waals surface area contributed by atoms with E-state index in [0.29, 0.717) is 27.6 Å². The minimum atomic E-state index is -4.77. The molecule has 1 aliphatic rings. The van der Waals surface area contributed by atoms with Crippen LogP contribution in [-0.2, 0) is 19.3 Å². The Morgan fingerprint density at radius 3 is 2.47 bits per heavy atom. The fourth-order valence-electron chi connectivity index (χ4n) is 4.18. The van der Waals surface area contributed by atoms with Gasteiger partial charge in [-0.1, -0.05) is 23.7 Å². The molecule has 0 saturated heterocycles. The first kappa shape index (κ1) is 23.7. The third-order valence-corrected chi connectivity index (χ3v) is 6.14. The summed E-state index contributed by atoms with van der Waals surface area (Å²) in [6.07, 6.45) is -4.77. The Bertz CT molecular complexity index is 1520. The van der Waals surface area contributed by atoms with Gasteiger partial charge in [0.25, 0.3) is 5.91 Å². The van der Waals surface area contributed by atoms with Crippen molar-refractivity contribution < 1.29 is 27.4 Å². The van der Waals surface area contributed by atoms with Gasteiger partial charge in [0.15, 0.2) is 23.0 Å². The molecule has 2 aromatic heterocycles. The van der Waals surface area contributed by atoms with Gasteiger partial charge < -0.3 is 25.1 Å². The summed E-state index contributed by atoms with van der Waals surface area (Å²) in [6, 6.07) is 8.67. The summed E-state index contributed by atoms with van der Waals surface area (Å²) >= 11 is 6.53. The number of methoxy groups -OCH3 is 2. The van der Waals surface area contributed by atoms with Crippen LogP contribution in [0.2, 0.25) is 5.02 Å². The number of aromatic nitrogens is 4. The van der Waals surface area contributed by atoms with Gasteiger partial charge in [-0.15, -0.1) is 0 Å². The summed E-state index contributed by atoms with van der Waals surface area (Å²) in [6.45, 7) is 0.213. The zero-order valence-electron chi connectivity index (χ0n) is 18.9. The number of H-pyrrole nitrogens is 1. The van der Waals surface area contributed by atoms with E-state index in [4.69, 9.17) is 26.8 Å². The normalized spacial score (nSPS) is 13.4. The van der Waals surface area contributed by atoms with E-state index in [-0.39, 0.29) is 41.8 Å². The highest BCUT2D eigenvalue weighted by Crippen LogP contribution is 2.42. The number of benzene rings is 2. The third-order valence-electron chi connectivity index (χ3n) is 5.83. The van der Waals surface area contributed by atoms with Gasteiger partial charge in [-0.05, 0) is 23.3 Å². The quantitative estimate of drug-likeness (QED) is 0.400. The second kappa shape index (κ2) is 8.55. The molecular formula is C23H18ClF3N6O3. The second-order valence-corrected chi connectivity index (χ2v) is 8.40. The summed E-state index contributed by atoms with van der Waals surface area (Å²) in [5.74, 6) is -0.859. The van der Waals surface area contributed by atoms with Crippen LogP contribution in [0.4, 0.5) is 19.0 Å². The Labute approximate surface area is 207 Å². The van der Waals surface area contributed by atoms with Gasteiger partial charge in [-0.25, -0.2) is 15.0 Å². The molecule has 36 heavy (non-hydrogen) atoms. The monoisotopic (exact) mass is 518 g/mol. The van der Waals surface area contributed by atoms with Gasteiger partial charge in [0.05, 0.1) is 25.8 Å². The number of amides is 1. The minimum Gasteiger partial charge on any atom is -0.493 e. The first-order valence-corrected chi connectivity index (χ1v) is 10.9. The number of imidazole rings is 1. The molecule has 0 radical (unpaired) electrons. The zero-order valence-corrected chi connectivity index (χ0v) is 19.7. The Hall–Kier alpha value is -4.06. The van der Waals surface area contributed by atoms with E-state index in [2.05, 4.69) is 19.9 Å². The molecule has 0 fully saturated rings. The van der Waals surface area contributed by atoms with Crippen molar-refractivity contribution in [3.8, 4) is 22.6 Å². The van der Waals surface area contributed by atoms with Gasteiger partial charge in [-0.3, -0.25) is 4.79 Å². The molecule has 1 aliphatic heterocycles. The van der Waals surface area contributed by atoms with E-state index in [1.807, 2.05) is 6.07 Å². The van der Waals surface area contributed by atoms with E-state index in [0.717, 1.165) is 11.1 Å². The lowest BCUT2D eigenvalue weighted by atomic mass is 9.96. The Morgan fingerprint density at radius 2 is 1.78 bits per heavy atom. The van der Waals surface area contributed by atoms with Crippen LogP contribution in [0.1, 0.15) is 27.6 Å². The van der Waals surface area contributed by atoms with Gasteiger partial charge in [0.2, 0.25) is 5.82 Å². The fourth-order valence-corrected chi connectivity index (χ4v) is 4.44. The number of hydrogen-bond donors (Lipinski definition) is 2. The molecule has 0 aliphatic carbocycles. The molecule has 186 valence electrons. The molecule has 4 aromatic rings. The number of alkyl halides is 3. The summed E-state index contributed by atoms with van der Waals surface area (Å²) < 4.78 is 49.8. The molecule has 3 heterocycles. The number of carbonyl (C=O) groups excluding carboxylic acids is 1. The summed E-state index contributed by atoms with van der Waals surface area (Å²) in [4.78, 5) is 28.4. The average Bonchev–Trinajstić information content (AvgIpc) is 3.39. The lowest BCUT2D eigenvalue weighted by Gasteiger charge is -2.15. The predicted molar refractivity (Wildman–Crippen MR) is 125 cm³/mol. The van der Waals surface area contributed by atoms with Crippen molar-refractivity contribution in [3.63, 3.8) is 0 Å². The summed E-state index contributed by atoms with van der Waals surface area (Å²) in [5.41, 5.74) is 8.14. The van der Waals surface area contributed by atoms with Crippen molar-refractivity contribution >= 4 is 34.5 Å². The highest BCUT2D eigenvalue weighted by Gasteiger charge is 2.36. The topological polar surface area (TPSA) is 119 Å². The fraction of sp³-hybridized carbons (Fsp3) is 0.217. The molecule has 0 atom stereocenters. The van der Waals surface area contributed by atoms with Crippen LogP contribution in [0.3, 0.4) is 0 Å². The maximum Gasteiger partial charge on any atom is 0.451 e. The van der Waals surface area contributed by atoms with Crippen molar-refractivity contribution in [3.05, 3.63) is 58.1 Å². The maximum absolute atomic E-state index is 13.2. The molecule has 13 heteroatoms. The van der Waals surface area contributed by atoms with E-state index in [1.165, 1.54) is 19.1 Å². The van der Waals surface area contributed by atoms with Crippen LogP contribution in [0.15, 0.2) is 30.3 Å². The van der Waals surface area contributed by atoms with Gasteiger partial charge >= 0.3 is 6.18 Å². The molecule has 0 unspecified atom stereocenters. The number of carbonyl (C=O) groups is 1. The summed E-state index contributed by atoms with van der Waals surface area (Å²) in [5, 5.41) is 0.416. The van der Waals surface area contributed by atoms with Crippen molar-refractivity contribution in [2.75, 3.05) is 20.0 Å². The van der Waals surface area contributed by atoms with Crippen molar-refractivity contribution in [1.82, 2.24) is 24.8 Å². The maximum atomic E-state index is 13.2. The minimum absolute atomic E-state index is 0.0101. The van der Waals surface area contributed by atoms with E-state index in [9.17, 15) is 18.0 Å². The molecule has 0 saturated carbocycles. The Balaban J connectivity index is 1.48. The number of fused-ring (bicyclic) bond motifs is 2. The van der Waals surface area contributed by atoms with Crippen molar-refractivity contribution in [2.24, 2.45) is 0 Å². The summed E-state index contributed by atoms with van der Waals surface area (Å²) in [7, 11) is 3.02. The van der Waals surface area contributed by atoms with Crippen LogP contribution < -0.4 is 15.2 Å². The van der Waals surface area contributed by atoms with E-state index >= 15 is 0 Å². The van der Waals surface area contributed by atoms with Gasteiger partial charge in [0.1, 0.15) is 11.3 Å². The Kier molecular flexibility index (Phi) is 5.62. The number of aromatic amines is 1. The number of rotatable bonds is 5. The number of nitrogens with zero attached hydrogens (tertiary/aromatic N) is 4. The smallest absolute Gasteiger partial charge is 0.451 e. The van der Waals surface area contributed by atoms with Crippen LogP contribution in [0, 0.1) is 0 Å². The molecule has 0 spiro atoms.